The first-order valence-electron chi connectivity index (χ1n) is 18.4. The third-order valence-corrected chi connectivity index (χ3v) is 15.4. The highest BCUT2D eigenvalue weighted by Crippen LogP contribution is 2.76. The molecule has 0 bridgehead atoms. The zero-order valence-corrected chi connectivity index (χ0v) is 29.9. The largest absolute Gasteiger partial charge is 0.478 e. The van der Waals surface area contributed by atoms with Crippen molar-refractivity contribution in [3.63, 3.8) is 0 Å². The van der Waals surface area contributed by atoms with E-state index in [4.69, 9.17) is 0 Å². The van der Waals surface area contributed by atoms with Crippen molar-refractivity contribution < 1.29 is 14.7 Å². The Morgan fingerprint density at radius 3 is 2.27 bits per heavy atom. The molecule has 4 saturated carbocycles. The molecule has 0 radical (unpaired) electrons. The molecule has 48 heavy (non-hydrogen) atoms. The molecule has 5 aliphatic carbocycles. The Hall–Kier alpha value is -3.28. The zero-order chi connectivity index (χ0) is 34.3. The molecule has 1 aromatic heterocycles. The van der Waals surface area contributed by atoms with Gasteiger partial charge in [-0.05, 0) is 145 Å². The van der Waals surface area contributed by atoms with Crippen LogP contribution in [0, 0.1) is 51.2 Å². The van der Waals surface area contributed by atoms with Gasteiger partial charge in [0.05, 0.1) is 12.0 Å². The molecule has 0 unspecified atom stereocenters. The summed E-state index contributed by atoms with van der Waals surface area (Å²) >= 11 is 0. The first-order valence-corrected chi connectivity index (χ1v) is 18.4. The number of hydrogen-bond acceptors (Lipinski definition) is 4. The van der Waals surface area contributed by atoms with E-state index in [2.05, 4.69) is 69.5 Å². The van der Waals surface area contributed by atoms with Crippen molar-refractivity contribution >= 4 is 17.4 Å². The maximum absolute atomic E-state index is 13.6. The Bertz CT molecular complexity index is 1650. The van der Waals surface area contributed by atoms with Gasteiger partial charge in [0.15, 0.2) is 0 Å². The number of amides is 1. The lowest BCUT2D eigenvalue weighted by Crippen LogP contribution is -2.68. The predicted molar refractivity (Wildman–Crippen MR) is 190 cm³/mol. The molecule has 7 rings (SSSR count). The number of allylic oxidation sites excluding steroid dienone is 3. The summed E-state index contributed by atoms with van der Waals surface area (Å²) in [6.45, 7) is 19.5. The van der Waals surface area contributed by atoms with Crippen LogP contribution in [-0.4, -0.2) is 32.5 Å². The van der Waals surface area contributed by atoms with Gasteiger partial charge in [-0.15, -0.1) is 0 Å². The van der Waals surface area contributed by atoms with E-state index in [9.17, 15) is 14.7 Å². The second-order valence-electron chi connectivity index (χ2n) is 17.7. The van der Waals surface area contributed by atoms with E-state index in [0.29, 0.717) is 41.0 Å². The molecule has 9 atom stereocenters. The number of carboxylic acids is 1. The van der Waals surface area contributed by atoms with Crippen molar-refractivity contribution in [1.82, 2.24) is 15.3 Å². The van der Waals surface area contributed by atoms with E-state index in [1.165, 1.54) is 36.8 Å². The second-order valence-corrected chi connectivity index (χ2v) is 17.7. The molecule has 6 heteroatoms. The Labute approximate surface area is 287 Å². The molecule has 1 heterocycles. The highest BCUT2D eigenvalue weighted by molar-refractivity contribution is 5.88. The fourth-order valence-corrected chi connectivity index (χ4v) is 13.1. The van der Waals surface area contributed by atoms with Gasteiger partial charge in [0.25, 0.3) is 0 Å². The molecular formula is C42H55N3O3. The van der Waals surface area contributed by atoms with Gasteiger partial charge in [0, 0.05) is 17.9 Å². The number of hydrogen-bond donors (Lipinski definition) is 2. The van der Waals surface area contributed by atoms with Crippen molar-refractivity contribution in [2.75, 3.05) is 0 Å². The average molecular weight is 650 g/mol. The Balaban J connectivity index is 1.20. The standard InChI is InChI=1S/C42H55N3O3/c1-26(2)29-15-20-42(45-35(46)25-34-43-23-8-24-44-34)22-21-40(6)31(36(29)42)13-14-33-39(5)18-16-30(27-9-11-28(12-10-27)37(47)48)38(3,4)32(39)17-19-41(33,40)7/h8-12,16,23-24,29,31-33,36H,1,13-15,17-22,25H2,2-7H3,(H,45,46)(H,47,48)/t29-,31+,32-,33+,36+,39-,40+,41+,42-/m0/s1. The Kier molecular flexibility index (Phi) is 7.88. The third-order valence-electron chi connectivity index (χ3n) is 15.4. The monoisotopic (exact) mass is 649 g/mol. The predicted octanol–water partition coefficient (Wildman–Crippen LogP) is 8.94. The van der Waals surface area contributed by atoms with Gasteiger partial charge in [0.2, 0.25) is 5.91 Å². The summed E-state index contributed by atoms with van der Waals surface area (Å²) in [5.41, 5.74) is 4.54. The summed E-state index contributed by atoms with van der Waals surface area (Å²) in [6.07, 6.45) is 16.4. The molecule has 5 aliphatic rings. The number of nitrogens with one attached hydrogen (secondary N) is 1. The molecule has 1 amide bonds. The van der Waals surface area contributed by atoms with Gasteiger partial charge in [-0.1, -0.05) is 65.0 Å². The SMILES string of the molecule is C=C(C)[C@@H]1CC[C@]2(NC(=O)Cc3ncccn3)CC[C@]3(C)[C@H](CC[C@@H]4[C@@]5(C)CC=C(c6ccc(C(=O)O)cc6)C(C)(C)[C@@H]5CC[C@]43C)[C@@H]12. The van der Waals surface area contributed by atoms with E-state index in [1.807, 2.05) is 12.1 Å². The first-order chi connectivity index (χ1) is 22.7. The van der Waals surface area contributed by atoms with Crippen LogP contribution in [0.25, 0.3) is 5.57 Å². The number of aromatic nitrogens is 2. The summed E-state index contributed by atoms with van der Waals surface area (Å²) in [7, 11) is 0. The Morgan fingerprint density at radius 1 is 0.896 bits per heavy atom. The minimum atomic E-state index is -0.877. The molecule has 0 aliphatic heterocycles. The van der Waals surface area contributed by atoms with Crippen LogP contribution in [0.3, 0.4) is 0 Å². The Morgan fingerprint density at radius 2 is 1.60 bits per heavy atom. The van der Waals surface area contributed by atoms with Crippen LogP contribution >= 0.6 is 0 Å². The van der Waals surface area contributed by atoms with Crippen LogP contribution in [0.5, 0.6) is 0 Å². The fraction of sp³-hybridized carbons (Fsp3) is 0.619. The highest BCUT2D eigenvalue weighted by Gasteiger charge is 2.70. The van der Waals surface area contributed by atoms with E-state index in [1.54, 1.807) is 30.6 Å². The van der Waals surface area contributed by atoms with Gasteiger partial charge in [-0.25, -0.2) is 14.8 Å². The molecule has 256 valence electrons. The lowest BCUT2D eigenvalue weighted by molar-refractivity contribution is -0.219. The van der Waals surface area contributed by atoms with Crippen LogP contribution in [0.15, 0.2) is 61.0 Å². The molecule has 0 saturated heterocycles. The lowest BCUT2D eigenvalue weighted by Gasteiger charge is -2.72. The molecule has 4 fully saturated rings. The second kappa shape index (κ2) is 11.4. The molecule has 6 nitrogen and oxygen atoms in total. The van der Waals surface area contributed by atoms with Crippen molar-refractivity contribution in [2.24, 2.45) is 51.2 Å². The van der Waals surface area contributed by atoms with Crippen LogP contribution in [-0.2, 0) is 11.2 Å². The van der Waals surface area contributed by atoms with Crippen molar-refractivity contribution in [3.8, 4) is 0 Å². The zero-order valence-electron chi connectivity index (χ0n) is 29.9. The minimum Gasteiger partial charge on any atom is -0.478 e. The maximum Gasteiger partial charge on any atom is 0.335 e. The topological polar surface area (TPSA) is 92.2 Å². The molecule has 2 aromatic rings. The van der Waals surface area contributed by atoms with Crippen molar-refractivity contribution in [3.05, 3.63) is 77.9 Å². The summed E-state index contributed by atoms with van der Waals surface area (Å²) in [4.78, 5) is 33.8. The molecule has 2 N–H and O–H groups in total. The van der Waals surface area contributed by atoms with Crippen molar-refractivity contribution in [2.45, 2.75) is 111 Å². The van der Waals surface area contributed by atoms with Gasteiger partial charge < -0.3 is 10.4 Å². The number of aromatic carboxylic acids is 1. The van der Waals surface area contributed by atoms with Gasteiger partial charge in [-0.3, -0.25) is 4.79 Å². The van der Waals surface area contributed by atoms with E-state index in [-0.39, 0.29) is 39.5 Å². The fourth-order valence-electron chi connectivity index (χ4n) is 13.1. The normalized spacial score (nSPS) is 39.5. The highest BCUT2D eigenvalue weighted by atomic mass is 16.4. The van der Waals surface area contributed by atoms with Crippen LogP contribution in [0.2, 0.25) is 0 Å². The summed E-state index contributed by atoms with van der Waals surface area (Å²) in [5, 5.41) is 13.1. The third kappa shape index (κ3) is 4.78. The van der Waals surface area contributed by atoms with Crippen LogP contribution in [0.1, 0.15) is 121 Å². The first kappa shape index (κ1) is 33.2. The summed E-state index contributed by atoms with van der Waals surface area (Å²) < 4.78 is 0. The van der Waals surface area contributed by atoms with E-state index >= 15 is 0 Å². The van der Waals surface area contributed by atoms with Crippen molar-refractivity contribution in [1.29, 1.82) is 0 Å². The summed E-state index contributed by atoms with van der Waals surface area (Å²) in [5.74, 6) is 2.31. The number of nitrogens with zero attached hydrogens (tertiary/aromatic N) is 2. The van der Waals surface area contributed by atoms with E-state index < -0.39 is 5.97 Å². The summed E-state index contributed by atoms with van der Waals surface area (Å²) in [6, 6.07) is 9.33. The molecular weight excluding hydrogens is 594 g/mol. The number of fused-ring (bicyclic) bond motifs is 7. The number of rotatable bonds is 6. The van der Waals surface area contributed by atoms with E-state index in [0.717, 1.165) is 37.7 Å². The van der Waals surface area contributed by atoms with Crippen LogP contribution in [0.4, 0.5) is 0 Å². The quantitative estimate of drug-likeness (QED) is 0.305. The number of carbonyl (C=O) groups excluding carboxylic acids is 1. The minimum absolute atomic E-state index is 0.0121. The van der Waals surface area contributed by atoms with Gasteiger partial charge in [0.1, 0.15) is 5.82 Å². The molecule has 1 aromatic carbocycles. The number of benzene rings is 1. The van der Waals surface area contributed by atoms with Gasteiger partial charge >= 0.3 is 5.97 Å². The maximum atomic E-state index is 13.6. The number of carboxylic acid groups (broad SMARTS) is 1. The lowest BCUT2D eigenvalue weighted by atomic mass is 9.33. The smallest absolute Gasteiger partial charge is 0.335 e. The average Bonchev–Trinajstić information content (AvgIpc) is 3.41. The number of carbonyl (C=O) groups is 2. The van der Waals surface area contributed by atoms with Gasteiger partial charge in [-0.2, -0.15) is 0 Å². The molecule has 0 spiro atoms. The van der Waals surface area contributed by atoms with Crippen LogP contribution < -0.4 is 5.32 Å².